The van der Waals surface area contributed by atoms with Gasteiger partial charge in [-0.3, -0.25) is 0 Å². The zero-order chi connectivity index (χ0) is 12.0. The van der Waals surface area contributed by atoms with Gasteiger partial charge in [-0.2, -0.15) is 0 Å². The maximum atomic E-state index is 13.3. The van der Waals surface area contributed by atoms with Crippen molar-refractivity contribution in [3.05, 3.63) is 29.3 Å². The third kappa shape index (κ3) is 3.80. The molecule has 0 N–H and O–H groups in total. The molecule has 3 heteroatoms. The van der Waals surface area contributed by atoms with E-state index in [9.17, 15) is 8.78 Å². The Labute approximate surface area is 95.4 Å². The Morgan fingerprint density at radius 2 is 1.81 bits per heavy atom. The molecule has 0 saturated heterocycles. The van der Waals surface area contributed by atoms with Crippen LogP contribution in [-0.4, -0.2) is 6.61 Å². The number of aryl methyl sites for hydroxylation is 1. The highest BCUT2D eigenvalue weighted by atomic mass is 19.1. The summed E-state index contributed by atoms with van der Waals surface area (Å²) < 4.78 is 31.7. The van der Waals surface area contributed by atoms with Gasteiger partial charge in [-0.05, 0) is 25.0 Å². The Morgan fingerprint density at radius 1 is 1.06 bits per heavy atom. The number of rotatable bonds is 6. The number of hydrogen-bond donors (Lipinski definition) is 0. The Kier molecular flexibility index (Phi) is 5.23. The fraction of sp³-hybridized carbons (Fsp3) is 0.538. The van der Waals surface area contributed by atoms with E-state index in [0.717, 1.165) is 37.8 Å². The molecule has 0 aromatic heterocycles. The summed E-state index contributed by atoms with van der Waals surface area (Å²) in [6, 6.07) is 2.28. The van der Waals surface area contributed by atoms with Crippen LogP contribution in [0.25, 0.3) is 0 Å². The predicted octanol–water partition coefficient (Wildman–Crippen LogP) is 4.23. The summed E-state index contributed by atoms with van der Waals surface area (Å²) in [6.45, 7) is 4.10. The molecule has 90 valence electrons. The van der Waals surface area contributed by atoms with Crippen molar-refractivity contribution in [1.29, 1.82) is 0 Å². The Morgan fingerprint density at radius 3 is 2.50 bits per heavy atom. The summed E-state index contributed by atoms with van der Waals surface area (Å²) in [6.07, 6.45) is 4.23. The van der Waals surface area contributed by atoms with Crippen LogP contribution in [0.15, 0.2) is 12.1 Å². The van der Waals surface area contributed by atoms with E-state index in [-0.39, 0.29) is 5.75 Å². The van der Waals surface area contributed by atoms with Gasteiger partial charge in [0, 0.05) is 6.07 Å². The lowest BCUT2D eigenvalue weighted by atomic mass is 10.2. The predicted molar refractivity (Wildman–Crippen MR) is 60.7 cm³/mol. The van der Waals surface area contributed by atoms with Crippen molar-refractivity contribution >= 4 is 0 Å². The lowest BCUT2D eigenvalue weighted by Gasteiger charge is -2.08. The second-order valence-electron chi connectivity index (χ2n) is 3.94. The van der Waals surface area contributed by atoms with Gasteiger partial charge < -0.3 is 4.74 Å². The minimum Gasteiger partial charge on any atom is -0.490 e. The molecule has 1 aromatic carbocycles. The normalized spacial score (nSPS) is 10.5. The smallest absolute Gasteiger partial charge is 0.165 e. The first-order valence-corrected chi connectivity index (χ1v) is 5.73. The number of unbranched alkanes of at least 4 members (excludes halogenated alkanes) is 3. The van der Waals surface area contributed by atoms with Crippen LogP contribution < -0.4 is 4.74 Å². The number of halogens is 2. The van der Waals surface area contributed by atoms with Gasteiger partial charge in [-0.25, -0.2) is 8.78 Å². The van der Waals surface area contributed by atoms with Crippen LogP contribution in [0.1, 0.15) is 38.2 Å². The molecule has 0 aliphatic heterocycles. The van der Waals surface area contributed by atoms with Crippen molar-refractivity contribution in [2.24, 2.45) is 0 Å². The Bertz CT molecular complexity index is 337. The molecular weight excluding hydrogens is 210 g/mol. The number of benzene rings is 1. The lowest BCUT2D eigenvalue weighted by molar-refractivity contribution is 0.288. The van der Waals surface area contributed by atoms with Crippen molar-refractivity contribution in [3.8, 4) is 5.75 Å². The van der Waals surface area contributed by atoms with Gasteiger partial charge in [0.1, 0.15) is 5.82 Å². The molecular formula is C13H18F2O. The van der Waals surface area contributed by atoms with Gasteiger partial charge in [-0.1, -0.05) is 26.2 Å². The van der Waals surface area contributed by atoms with E-state index in [4.69, 9.17) is 4.74 Å². The Balaban J connectivity index is 2.45. The highest BCUT2D eigenvalue weighted by Gasteiger charge is 2.07. The quantitative estimate of drug-likeness (QED) is 0.662. The maximum absolute atomic E-state index is 13.3. The molecule has 0 aliphatic carbocycles. The van der Waals surface area contributed by atoms with E-state index < -0.39 is 11.6 Å². The minimum absolute atomic E-state index is 0.0135. The average molecular weight is 228 g/mol. The van der Waals surface area contributed by atoms with E-state index in [0.29, 0.717) is 12.2 Å². The monoisotopic (exact) mass is 228 g/mol. The van der Waals surface area contributed by atoms with Crippen LogP contribution in [0.3, 0.4) is 0 Å². The highest BCUT2D eigenvalue weighted by molar-refractivity contribution is 5.30. The van der Waals surface area contributed by atoms with E-state index >= 15 is 0 Å². The van der Waals surface area contributed by atoms with Gasteiger partial charge in [0.15, 0.2) is 11.6 Å². The highest BCUT2D eigenvalue weighted by Crippen LogP contribution is 2.21. The maximum Gasteiger partial charge on any atom is 0.165 e. The Hall–Kier alpha value is -1.12. The fourth-order valence-electron chi connectivity index (χ4n) is 1.45. The van der Waals surface area contributed by atoms with Gasteiger partial charge in [0.2, 0.25) is 0 Å². The van der Waals surface area contributed by atoms with Crippen molar-refractivity contribution in [3.63, 3.8) is 0 Å². The van der Waals surface area contributed by atoms with Gasteiger partial charge in [-0.15, -0.1) is 0 Å². The molecule has 0 amide bonds. The van der Waals surface area contributed by atoms with E-state index in [2.05, 4.69) is 6.92 Å². The van der Waals surface area contributed by atoms with Crippen LogP contribution in [-0.2, 0) is 0 Å². The van der Waals surface area contributed by atoms with Crippen LogP contribution in [0.2, 0.25) is 0 Å². The first-order chi connectivity index (χ1) is 7.65. The zero-order valence-electron chi connectivity index (χ0n) is 9.85. The number of ether oxygens (including phenoxy) is 1. The van der Waals surface area contributed by atoms with Crippen molar-refractivity contribution in [2.75, 3.05) is 6.61 Å². The average Bonchev–Trinajstić information content (AvgIpc) is 2.25. The van der Waals surface area contributed by atoms with Crippen LogP contribution in [0, 0.1) is 18.6 Å². The third-order valence-corrected chi connectivity index (χ3v) is 2.47. The molecule has 0 spiro atoms. The van der Waals surface area contributed by atoms with Crippen molar-refractivity contribution in [1.82, 2.24) is 0 Å². The number of hydrogen-bond acceptors (Lipinski definition) is 1. The molecule has 0 unspecified atom stereocenters. The van der Waals surface area contributed by atoms with Crippen LogP contribution in [0.5, 0.6) is 5.75 Å². The summed E-state index contributed by atoms with van der Waals surface area (Å²) in [5.41, 5.74) is 0.302. The summed E-state index contributed by atoms with van der Waals surface area (Å²) in [5.74, 6) is -0.904. The van der Waals surface area contributed by atoms with Crippen LogP contribution in [0.4, 0.5) is 8.78 Å². The molecule has 0 heterocycles. The third-order valence-electron chi connectivity index (χ3n) is 2.47. The molecule has 0 fully saturated rings. The van der Waals surface area contributed by atoms with Crippen LogP contribution >= 0.6 is 0 Å². The van der Waals surface area contributed by atoms with Crippen molar-refractivity contribution in [2.45, 2.75) is 39.5 Å². The zero-order valence-corrected chi connectivity index (χ0v) is 9.85. The SMILES string of the molecule is CCCCCCOc1cc(F)c(C)cc1F. The minimum atomic E-state index is -0.491. The molecule has 1 nitrogen and oxygen atoms in total. The standard InChI is InChI=1S/C13H18F2O/c1-3-4-5-6-7-16-13-9-11(14)10(2)8-12(13)15/h8-9H,3-7H2,1-2H3. The van der Waals surface area contributed by atoms with Gasteiger partial charge >= 0.3 is 0 Å². The first kappa shape index (κ1) is 12.9. The van der Waals surface area contributed by atoms with E-state index in [1.807, 2.05) is 0 Å². The lowest BCUT2D eigenvalue weighted by Crippen LogP contribution is -2.00. The molecule has 16 heavy (non-hydrogen) atoms. The molecule has 0 atom stereocenters. The van der Waals surface area contributed by atoms with E-state index in [1.54, 1.807) is 0 Å². The molecule has 0 radical (unpaired) electrons. The topological polar surface area (TPSA) is 9.23 Å². The molecule has 1 aromatic rings. The largest absolute Gasteiger partial charge is 0.490 e. The summed E-state index contributed by atoms with van der Waals surface area (Å²) >= 11 is 0. The second kappa shape index (κ2) is 6.46. The first-order valence-electron chi connectivity index (χ1n) is 5.73. The van der Waals surface area contributed by atoms with E-state index in [1.165, 1.54) is 6.92 Å². The molecule has 0 saturated carbocycles. The van der Waals surface area contributed by atoms with Crippen molar-refractivity contribution < 1.29 is 13.5 Å². The fourth-order valence-corrected chi connectivity index (χ4v) is 1.45. The second-order valence-corrected chi connectivity index (χ2v) is 3.94. The van der Waals surface area contributed by atoms with Gasteiger partial charge in [0.25, 0.3) is 0 Å². The summed E-state index contributed by atoms with van der Waals surface area (Å²) in [5, 5.41) is 0. The van der Waals surface area contributed by atoms with Gasteiger partial charge in [0.05, 0.1) is 6.61 Å². The summed E-state index contributed by atoms with van der Waals surface area (Å²) in [4.78, 5) is 0. The summed E-state index contributed by atoms with van der Waals surface area (Å²) in [7, 11) is 0. The molecule has 0 bridgehead atoms. The molecule has 1 rings (SSSR count). The molecule has 0 aliphatic rings.